The zero-order valence-electron chi connectivity index (χ0n) is 10.4. The Balaban J connectivity index is 3.13. The van der Waals surface area contributed by atoms with Crippen molar-refractivity contribution in [1.82, 2.24) is 5.32 Å². The molecule has 0 aliphatic heterocycles. The van der Waals surface area contributed by atoms with Gasteiger partial charge in [-0.25, -0.2) is 0 Å². The highest BCUT2D eigenvalue weighted by molar-refractivity contribution is 4.64. The van der Waals surface area contributed by atoms with Gasteiger partial charge in [-0.1, -0.05) is 19.8 Å². The fourth-order valence-electron chi connectivity index (χ4n) is 1.21. The normalized spacial score (nSPS) is 12.0. The maximum Gasteiger partial charge on any atom is 0.0623 e. The monoisotopic (exact) mass is 201 g/mol. The first-order chi connectivity index (χ1) is 6.62. The second-order valence-corrected chi connectivity index (χ2v) is 4.48. The summed E-state index contributed by atoms with van der Waals surface area (Å²) in [4.78, 5) is 0. The number of hydrogen-bond donors (Lipinski definition) is 1. The van der Waals surface area contributed by atoms with Crippen LogP contribution in [0.25, 0.3) is 0 Å². The van der Waals surface area contributed by atoms with Gasteiger partial charge >= 0.3 is 0 Å². The maximum atomic E-state index is 5.77. The predicted molar refractivity (Wildman–Crippen MR) is 62.7 cm³/mol. The van der Waals surface area contributed by atoms with Gasteiger partial charge in [0.25, 0.3) is 0 Å². The van der Waals surface area contributed by atoms with Crippen molar-refractivity contribution < 1.29 is 4.74 Å². The summed E-state index contributed by atoms with van der Waals surface area (Å²) in [5, 5.41) is 3.16. The molecule has 0 fully saturated rings. The second-order valence-electron chi connectivity index (χ2n) is 4.48. The Morgan fingerprint density at radius 1 is 1.07 bits per heavy atom. The molecular formula is C12H27NO. The quantitative estimate of drug-likeness (QED) is 0.579. The van der Waals surface area contributed by atoms with Crippen molar-refractivity contribution in [2.45, 2.75) is 58.5 Å². The van der Waals surface area contributed by atoms with Crippen molar-refractivity contribution in [2.75, 3.05) is 20.2 Å². The van der Waals surface area contributed by atoms with E-state index < -0.39 is 0 Å². The van der Waals surface area contributed by atoms with Crippen LogP contribution in [-0.2, 0) is 4.74 Å². The van der Waals surface area contributed by atoms with E-state index in [2.05, 4.69) is 26.1 Å². The highest BCUT2D eigenvalue weighted by Gasteiger charge is 2.13. The molecule has 0 radical (unpaired) electrons. The molecule has 14 heavy (non-hydrogen) atoms. The molecule has 0 rings (SSSR count). The Bertz CT molecular complexity index is 123. The van der Waals surface area contributed by atoms with E-state index in [-0.39, 0.29) is 5.60 Å². The van der Waals surface area contributed by atoms with Gasteiger partial charge in [0, 0.05) is 6.61 Å². The molecular weight excluding hydrogens is 174 g/mol. The van der Waals surface area contributed by atoms with Gasteiger partial charge in [0.15, 0.2) is 0 Å². The van der Waals surface area contributed by atoms with Gasteiger partial charge in [0.2, 0.25) is 0 Å². The van der Waals surface area contributed by atoms with Crippen molar-refractivity contribution in [2.24, 2.45) is 0 Å². The molecule has 0 spiro atoms. The molecule has 2 nitrogen and oxygen atoms in total. The molecule has 0 heterocycles. The Morgan fingerprint density at radius 2 is 1.71 bits per heavy atom. The molecule has 0 saturated heterocycles. The van der Waals surface area contributed by atoms with Gasteiger partial charge < -0.3 is 10.1 Å². The van der Waals surface area contributed by atoms with Gasteiger partial charge in [-0.15, -0.1) is 0 Å². The number of rotatable bonds is 9. The van der Waals surface area contributed by atoms with Crippen LogP contribution < -0.4 is 5.32 Å². The van der Waals surface area contributed by atoms with Crippen molar-refractivity contribution in [3.05, 3.63) is 0 Å². The lowest BCUT2D eigenvalue weighted by atomic mass is 10.1. The molecule has 0 aromatic rings. The first kappa shape index (κ1) is 13.9. The van der Waals surface area contributed by atoms with Crippen LogP contribution in [0.2, 0.25) is 0 Å². The van der Waals surface area contributed by atoms with E-state index in [4.69, 9.17) is 4.74 Å². The van der Waals surface area contributed by atoms with E-state index in [0.29, 0.717) is 0 Å². The van der Waals surface area contributed by atoms with Crippen LogP contribution in [0, 0.1) is 0 Å². The molecule has 0 unspecified atom stereocenters. The third-order valence-corrected chi connectivity index (χ3v) is 2.67. The number of ether oxygens (including phenoxy) is 1. The van der Waals surface area contributed by atoms with Crippen LogP contribution in [0.1, 0.15) is 52.9 Å². The summed E-state index contributed by atoms with van der Waals surface area (Å²) >= 11 is 0. The van der Waals surface area contributed by atoms with Crippen molar-refractivity contribution in [3.8, 4) is 0 Å². The summed E-state index contributed by atoms with van der Waals surface area (Å²) in [6.45, 7) is 8.55. The van der Waals surface area contributed by atoms with Crippen LogP contribution in [0.4, 0.5) is 0 Å². The minimum absolute atomic E-state index is 0.0744. The molecule has 0 amide bonds. The zero-order chi connectivity index (χ0) is 10.9. The summed E-state index contributed by atoms with van der Waals surface area (Å²) in [5.41, 5.74) is 0.0744. The Hall–Kier alpha value is -0.0800. The van der Waals surface area contributed by atoms with E-state index in [1.807, 2.05) is 7.05 Å². The van der Waals surface area contributed by atoms with Crippen LogP contribution in [0.3, 0.4) is 0 Å². The molecule has 0 aliphatic rings. The molecule has 0 aliphatic carbocycles. The fraction of sp³-hybridized carbons (Fsp3) is 1.00. The van der Waals surface area contributed by atoms with E-state index in [1.54, 1.807) is 0 Å². The smallest absolute Gasteiger partial charge is 0.0623 e. The molecule has 1 N–H and O–H groups in total. The number of unbranched alkanes of at least 4 members (excludes halogenated alkanes) is 3. The Morgan fingerprint density at radius 3 is 2.29 bits per heavy atom. The summed E-state index contributed by atoms with van der Waals surface area (Å²) in [7, 11) is 2.01. The standard InChI is InChI=1S/C12H27NO/c1-5-12(2,3)14-11-9-7-6-8-10-13-4/h13H,5-11H2,1-4H3. The van der Waals surface area contributed by atoms with Crippen molar-refractivity contribution in [3.63, 3.8) is 0 Å². The van der Waals surface area contributed by atoms with Crippen LogP contribution >= 0.6 is 0 Å². The topological polar surface area (TPSA) is 21.3 Å². The Labute approximate surface area is 89.4 Å². The van der Waals surface area contributed by atoms with Gasteiger partial charge in [0.05, 0.1) is 5.60 Å². The van der Waals surface area contributed by atoms with Gasteiger partial charge in [0.1, 0.15) is 0 Å². The van der Waals surface area contributed by atoms with E-state index >= 15 is 0 Å². The molecule has 86 valence electrons. The first-order valence-electron chi connectivity index (χ1n) is 5.91. The Kier molecular flexibility index (Phi) is 8.20. The lowest BCUT2D eigenvalue weighted by Crippen LogP contribution is -2.23. The third-order valence-electron chi connectivity index (χ3n) is 2.67. The predicted octanol–water partition coefficient (Wildman–Crippen LogP) is 2.97. The van der Waals surface area contributed by atoms with E-state index in [0.717, 1.165) is 19.6 Å². The summed E-state index contributed by atoms with van der Waals surface area (Å²) in [5.74, 6) is 0. The lowest BCUT2D eigenvalue weighted by molar-refractivity contribution is -0.0216. The average Bonchev–Trinajstić information content (AvgIpc) is 2.16. The van der Waals surface area contributed by atoms with Crippen LogP contribution in [-0.4, -0.2) is 25.8 Å². The molecule has 0 aromatic heterocycles. The molecule has 0 saturated carbocycles. The minimum Gasteiger partial charge on any atom is -0.376 e. The average molecular weight is 201 g/mol. The van der Waals surface area contributed by atoms with Gasteiger partial charge in [-0.2, -0.15) is 0 Å². The van der Waals surface area contributed by atoms with E-state index in [1.165, 1.54) is 25.7 Å². The van der Waals surface area contributed by atoms with E-state index in [9.17, 15) is 0 Å². The second kappa shape index (κ2) is 8.25. The fourth-order valence-corrected chi connectivity index (χ4v) is 1.21. The highest BCUT2D eigenvalue weighted by Crippen LogP contribution is 2.14. The SMILES string of the molecule is CCC(C)(C)OCCCCCCNC. The van der Waals surface area contributed by atoms with Crippen LogP contribution in [0.5, 0.6) is 0 Å². The van der Waals surface area contributed by atoms with Crippen molar-refractivity contribution >= 4 is 0 Å². The largest absolute Gasteiger partial charge is 0.376 e. The zero-order valence-corrected chi connectivity index (χ0v) is 10.4. The third kappa shape index (κ3) is 8.52. The molecule has 2 heteroatoms. The highest BCUT2D eigenvalue weighted by atomic mass is 16.5. The summed E-state index contributed by atoms with van der Waals surface area (Å²) in [6.07, 6.45) is 6.19. The van der Waals surface area contributed by atoms with Gasteiger partial charge in [-0.05, 0) is 46.7 Å². The van der Waals surface area contributed by atoms with Crippen molar-refractivity contribution in [1.29, 1.82) is 0 Å². The molecule has 0 atom stereocenters. The van der Waals surface area contributed by atoms with Crippen LogP contribution in [0.15, 0.2) is 0 Å². The molecule has 0 aromatic carbocycles. The van der Waals surface area contributed by atoms with Gasteiger partial charge in [-0.3, -0.25) is 0 Å². The number of hydrogen-bond acceptors (Lipinski definition) is 2. The number of nitrogens with one attached hydrogen (secondary N) is 1. The summed E-state index contributed by atoms with van der Waals surface area (Å²) < 4.78 is 5.77. The minimum atomic E-state index is 0.0744. The lowest BCUT2D eigenvalue weighted by Gasteiger charge is -2.23. The summed E-state index contributed by atoms with van der Waals surface area (Å²) in [6, 6.07) is 0. The molecule has 0 bridgehead atoms. The maximum absolute atomic E-state index is 5.77. The first-order valence-corrected chi connectivity index (χ1v) is 5.91.